The summed E-state index contributed by atoms with van der Waals surface area (Å²) in [5.74, 6) is 0.865. The van der Waals surface area contributed by atoms with E-state index in [9.17, 15) is 0 Å². The van der Waals surface area contributed by atoms with E-state index in [0.717, 1.165) is 33.3 Å². The molecule has 2 N–H and O–H groups in total. The van der Waals surface area contributed by atoms with Gasteiger partial charge in [-0.05, 0) is 49.2 Å². The van der Waals surface area contributed by atoms with Crippen molar-refractivity contribution in [2.24, 2.45) is 5.73 Å². The molecule has 2 rings (SSSR count). The molecule has 0 spiro atoms. The van der Waals surface area contributed by atoms with Gasteiger partial charge >= 0.3 is 0 Å². The van der Waals surface area contributed by atoms with Crippen molar-refractivity contribution in [2.75, 3.05) is 0 Å². The summed E-state index contributed by atoms with van der Waals surface area (Å²) in [6, 6.07) is 9.57. The van der Waals surface area contributed by atoms with Crippen molar-refractivity contribution in [3.8, 4) is 5.75 Å². The quantitative estimate of drug-likeness (QED) is 0.931. The second-order valence-electron chi connectivity index (χ2n) is 4.48. The summed E-state index contributed by atoms with van der Waals surface area (Å²) in [7, 11) is 0. The smallest absolute Gasteiger partial charge is 0.130 e. The fourth-order valence-corrected chi connectivity index (χ4v) is 2.32. The zero-order valence-corrected chi connectivity index (χ0v) is 11.9. The minimum atomic E-state index is 0.428. The molecule has 0 amide bonds. The Balaban J connectivity index is 2.14. The zero-order valence-electron chi connectivity index (χ0n) is 11.1. The topological polar surface area (TPSA) is 48.1 Å². The lowest BCUT2D eigenvalue weighted by Gasteiger charge is -2.12. The van der Waals surface area contributed by atoms with Crippen LogP contribution in [0.25, 0.3) is 0 Å². The first-order chi connectivity index (χ1) is 9.10. The molecule has 0 atom stereocenters. The molecule has 1 aromatic heterocycles. The number of rotatable bonds is 4. The Morgan fingerprint density at radius 2 is 1.79 bits per heavy atom. The molecule has 0 unspecified atom stereocenters. The monoisotopic (exact) mass is 276 g/mol. The molecule has 0 saturated heterocycles. The van der Waals surface area contributed by atoms with Crippen LogP contribution in [0, 0.1) is 13.8 Å². The van der Waals surface area contributed by atoms with Crippen LogP contribution in [0.5, 0.6) is 5.75 Å². The number of aromatic nitrogens is 1. The van der Waals surface area contributed by atoms with Crippen LogP contribution in [0.1, 0.15) is 22.5 Å². The number of nitrogens with zero attached hydrogens (tertiary/aromatic N) is 1. The van der Waals surface area contributed by atoms with Gasteiger partial charge in [-0.15, -0.1) is 0 Å². The Hall–Kier alpha value is -1.58. The maximum atomic E-state index is 6.00. The fourth-order valence-electron chi connectivity index (χ4n) is 1.99. The largest absolute Gasteiger partial charge is 0.487 e. The molecule has 1 aromatic carbocycles. The van der Waals surface area contributed by atoms with E-state index >= 15 is 0 Å². The Kier molecular flexibility index (Phi) is 4.40. The van der Waals surface area contributed by atoms with Gasteiger partial charge in [0.25, 0.3) is 0 Å². The first-order valence-electron chi connectivity index (χ1n) is 6.14. The lowest BCUT2D eigenvalue weighted by molar-refractivity contribution is 0.297. The molecule has 4 heteroatoms. The second kappa shape index (κ2) is 6.04. The summed E-state index contributed by atoms with van der Waals surface area (Å²) in [6.07, 6.45) is 0. The lowest BCUT2D eigenvalue weighted by atomic mass is 10.1. The molecule has 0 radical (unpaired) electrons. The summed E-state index contributed by atoms with van der Waals surface area (Å²) in [4.78, 5) is 4.41. The molecule has 1 heterocycles. The highest BCUT2D eigenvalue weighted by molar-refractivity contribution is 6.30. The predicted octanol–water partition coefficient (Wildman–Crippen LogP) is 3.39. The van der Waals surface area contributed by atoms with Crippen LogP contribution < -0.4 is 10.5 Å². The van der Waals surface area contributed by atoms with E-state index < -0.39 is 0 Å². The number of hydrogen-bond acceptors (Lipinski definition) is 3. The van der Waals surface area contributed by atoms with Crippen molar-refractivity contribution in [2.45, 2.75) is 27.0 Å². The number of hydrogen-bond donors (Lipinski definition) is 1. The Morgan fingerprint density at radius 1 is 1.16 bits per heavy atom. The Morgan fingerprint density at radius 3 is 2.42 bits per heavy atom. The third-order valence-corrected chi connectivity index (χ3v) is 3.08. The van der Waals surface area contributed by atoms with Crippen molar-refractivity contribution in [3.05, 3.63) is 57.9 Å². The van der Waals surface area contributed by atoms with Gasteiger partial charge < -0.3 is 10.5 Å². The summed E-state index contributed by atoms with van der Waals surface area (Å²) in [5.41, 5.74) is 9.37. The van der Waals surface area contributed by atoms with E-state index in [-0.39, 0.29) is 0 Å². The highest BCUT2D eigenvalue weighted by Gasteiger charge is 2.06. The maximum absolute atomic E-state index is 6.00. The van der Waals surface area contributed by atoms with E-state index in [1.807, 2.05) is 44.2 Å². The summed E-state index contributed by atoms with van der Waals surface area (Å²) >= 11 is 6.00. The second-order valence-corrected chi connectivity index (χ2v) is 4.92. The normalized spacial score (nSPS) is 10.5. The van der Waals surface area contributed by atoms with Gasteiger partial charge in [0.05, 0.1) is 11.4 Å². The van der Waals surface area contributed by atoms with E-state index in [2.05, 4.69) is 4.98 Å². The van der Waals surface area contributed by atoms with Gasteiger partial charge in [0.1, 0.15) is 12.4 Å². The van der Waals surface area contributed by atoms with Crippen molar-refractivity contribution in [3.63, 3.8) is 0 Å². The molecular weight excluding hydrogens is 260 g/mol. The van der Waals surface area contributed by atoms with Gasteiger partial charge in [0.2, 0.25) is 0 Å². The first kappa shape index (κ1) is 13.8. The molecule has 0 aliphatic heterocycles. The maximum Gasteiger partial charge on any atom is 0.130 e. The minimum absolute atomic E-state index is 0.428. The van der Waals surface area contributed by atoms with E-state index in [4.69, 9.17) is 22.1 Å². The molecule has 0 aliphatic carbocycles. The molecular formula is C15H17ClN2O. The summed E-state index contributed by atoms with van der Waals surface area (Å²) < 4.78 is 5.85. The third kappa shape index (κ3) is 3.46. The van der Waals surface area contributed by atoms with Gasteiger partial charge in [0, 0.05) is 11.6 Å². The highest BCUT2D eigenvalue weighted by Crippen LogP contribution is 2.27. The van der Waals surface area contributed by atoms with Crippen molar-refractivity contribution in [1.82, 2.24) is 4.98 Å². The van der Waals surface area contributed by atoms with Crippen LogP contribution in [-0.4, -0.2) is 4.98 Å². The minimum Gasteiger partial charge on any atom is -0.487 e. The van der Waals surface area contributed by atoms with Gasteiger partial charge in [0.15, 0.2) is 0 Å². The predicted molar refractivity (Wildman–Crippen MR) is 77.4 cm³/mol. The third-order valence-electron chi connectivity index (χ3n) is 2.86. The standard InChI is InChI=1S/C15H17ClN2O/c1-10-6-12(16)7-11(2)15(10)19-9-14-5-3-4-13(8-17)18-14/h3-7H,8-9,17H2,1-2H3. The molecule has 0 fully saturated rings. The lowest BCUT2D eigenvalue weighted by Crippen LogP contribution is -2.05. The zero-order chi connectivity index (χ0) is 13.8. The van der Waals surface area contributed by atoms with Gasteiger partial charge in [-0.2, -0.15) is 0 Å². The number of pyridine rings is 1. The van der Waals surface area contributed by atoms with Crippen molar-refractivity contribution >= 4 is 11.6 Å². The fraction of sp³-hybridized carbons (Fsp3) is 0.267. The van der Waals surface area contributed by atoms with Crippen LogP contribution in [0.15, 0.2) is 30.3 Å². The van der Waals surface area contributed by atoms with Gasteiger partial charge in [-0.3, -0.25) is 4.98 Å². The van der Waals surface area contributed by atoms with Gasteiger partial charge in [-0.1, -0.05) is 17.7 Å². The number of halogens is 1. The molecule has 0 aliphatic rings. The number of ether oxygens (including phenoxy) is 1. The Labute approximate surface area is 118 Å². The molecule has 0 saturated carbocycles. The number of nitrogens with two attached hydrogens (primary N) is 1. The van der Waals surface area contributed by atoms with Crippen LogP contribution in [-0.2, 0) is 13.2 Å². The van der Waals surface area contributed by atoms with Gasteiger partial charge in [-0.25, -0.2) is 0 Å². The molecule has 19 heavy (non-hydrogen) atoms. The van der Waals surface area contributed by atoms with E-state index in [1.165, 1.54) is 0 Å². The molecule has 100 valence electrons. The van der Waals surface area contributed by atoms with Crippen LogP contribution in [0.4, 0.5) is 0 Å². The average Bonchev–Trinajstić information content (AvgIpc) is 2.37. The number of benzene rings is 1. The highest BCUT2D eigenvalue weighted by atomic mass is 35.5. The van der Waals surface area contributed by atoms with Crippen molar-refractivity contribution in [1.29, 1.82) is 0 Å². The summed E-state index contributed by atoms with van der Waals surface area (Å²) in [6.45, 7) is 4.83. The van der Waals surface area contributed by atoms with Crippen LogP contribution in [0.3, 0.4) is 0 Å². The molecule has 2 aromatic rings. The van der Waals surface area contributed by atoms with Crippen molar-refractivity contribution < 1.29 is 4.74 Å². The SMILES string of the molecule is Cc1cc(Cl)cc(C)c1OCc1cccc(CN)n1. The summed E-state index contributed by atoms with van der Waals surface area (Å²) in [5, 5.41) is 0.727. The molecule has 3 nitrogen and oxygen atoms in total. The van der Waals surface area contributed by atoms with Crippen LogP contribution in [0.2, 0.25) is 5.02 Å². The Bertz CT molecular complexity index is 561. The van der Waals surface area contributed by atoms with E-state index in [1.54, 1.807) is 0 Å². The first-order valence-corrected chi connectivity index (χ1v) is 6.52. The average molecular weight is 277 g/mol. The van der Waals surface area contributed by atoms with Crippen LogP contribution >= 0.6 is 11.6 Å². The van der Waals surface area contributed by atoms with E-state index in [0.29, 0.717) is 13.2 Å². The molecule has 0 bridgehead atoms. The number of aryl methyl sites for hydroxylation is 2.